The summed E-state index contributed by atoms with van der Waals surface area (Å²) in [5.74, 6) is 4.22. The van der Waals surface area contributed by atoms with Crippen molar-refractivity contribution in [3.63, 3.8) is 0 Å². The zero-order valence-corrected chi connectivity index (χ0v) is 20.1. The number of hydrogen-bond donors (Lipinski definition) is 0. The van der Waals surface area contributed by atoms with Gasteiger partial charge in [-0.05, 0) is 78.2 Å². The van der Waals surface area contributed by atoms with E-state index in [1.165, 1.54) is 94.7 Å². The molecular weight excluding hydrogens is 410 g/mol. The minimum atomic E-state index is -0.677. The summed E-state index contributed by atoms with van der Waals surface area (Å²) in [7, 11) is 0. The first kappa shape index (κ1) is 24.0. The number of hydrogen-bond acceptors (Lipinski definition) is 0. The van der Waals surface area contributed by atoms with Crippen LogP contribution in [-0.4, -0.2) is 0 Å². The molecule has 0 saturated heterocycles. The Labute approximate surface area is 199 Å². The van der Waals surface area contributed by atoms with E-state index in [1.54, 1.807) is 0 Å². The molecule has 0 nitrogen and oxygen atoms in total. The molecule has 4 rings (SSSR count). The van der Waals surface area contributed by atoms with E-state index in [2.05, 4.69) is 25.0 Å². The fourth-order valence-electron chi connectivity index (χ4n) is 6.30. The summed E-state index contributed by atoms with van der Waals surface area (Å²) in [6, 6.07) is 10.9. The van der Waals surface area contributed by atoms with E-state index in [-0.39, 0.29) is 5.56 Å². The van der Waals surface area contributed by atoms with Crippen molar-refractivity contribution < 1.29 is 8.78 Å². The highest BCUT2D eigenvalue weighted by molar-refractivity contribution is 5.65. The third-order valence-electron chi connectivity index (χ3n) is 8.40. The van der Waals surface area contributed by atoms with Crippen molar-refractivity contribution in [3.8, 4) is 23.5 Å². The minimum Gasteiger partial charge on any atom is -0.205 e. The monoisotopic (exact) mass is 448 g/mol. The average molecular weight is 449 g/mol. The maximum atomic E-state index is 14.1. The molecule has 2 saturated carbocycles. The highest BCUT2D eigenvalue weighted by Gasteiger charge is 2.25. The molecular formula is C31H38F2. The van der Waals surface area contributed by atoms with Gasteiger partial charge in [-0.3, -0.25) is 0 Å². The number of terminal acetylenes is 1. The fraction of sp³-hybridized carbons (Fsp3) is 0.548. The van der Waals surface area contributed by atoms with Crippen molar-refractivity contribution in [1.82, 2.24) is 0 Å². The van der Waals surface area contributed by atoms with Crippen molar-refractivity contribution in [2.75, 3.05) is 0 Å². The summed E-state index contributed by atoms with van der Waals surface area (Å²) >= 11 is 0. The minimum absolute atomic E-state index is 0.295. The molecule has 2 aliphatic carbocycles. The van der Waals surface area contributed by atoms with Gasteiger partial charge in [-0.15, -0.1) is 6.42 Å². The Kier molecular flexibility index (Phi) is 8.24. The lowest BCUT2D eigenvalue weighted by molar-refractivity contribution is 0.224. The van der Waals surface area contributed by atoms with Crippen molar-refractivity contribution in [3.05, 3.63) is 59.2 Å². The van der Waals surface area contributed by atoms with Crippen LogP contribution in [0.25, 0.3) is 11.1 Å². The quantitative estimate of drug-likeness (QED) is 0.370. The van der Waals surface area contributed by atoms with Gasteiger partial charge in [0.05, 0.1) is 5.56 Å². The van der Waals surface area contributed by atoms with Gasteiger partial charge < -0.3 is 0 Å². The second-order valence-electron chi connectivity index (χ2n) is 10.6. The van der Waals surface area contributed by atoms with Gasteiger partial charge in [-0.2, -0.15) is 0 Å². The average Bonchev–Trinajstić information content (AvgIpc) is 2.84. The Morgan fingerprint density at radius 1 is 0.727 bits per heavy atom. The Hall–Kier alpha value is -2.14. The lowest BCUT2D eigenvalue weighted by Crippen LogP contribution is -2.17. The zero-order valence-electron chi connectivity index (χ0n) is 20.1. The highest BCUT2D eigenvalue weighted by Crippen LogP contribution is 2.40. The van der Waals surface area contributed by atoms with Gasteiger partial charge in [0.25, 0.3) is 0 Å². The van der Waals surface area contributed by atoms with Crippen LogP contribution in [-0.2, 0) is 0 Å². The molecule has 0 heterocycles. The number of rotatable bonds is 7. The summed E-state index contributed by atoms with van der Waals surface area (Å²) < 4.78 is 28.1. The summed E-state index contributed by atoms with van der Waals surface area (Å²) in [6.07, 6.45) is 21.9. The van der Waals surface area contributed by atoms with E-state index in [0.717, 1.165) is 23.3 Å². The second-order valence-corrected chi connectivity index (χ2v) is 10.6. The third-order valence-corrected chi connectivity index (χ3v) is 8.40. The van der Waals surface area contributed by atoms with Gasteiger partial charge in [0, 0.05) is 0 Å². The summed E-state index contributed by atoms with van der Waals surface area (Å²) in [5, 5.41) is 0. The lowest BCUT2D eigenvalue weighted by Gasteiger charge is -2.32. The molecule has 2 heteroatoms. The standard InChI is InChI=1S/C31H38F2/c1-3-5-22-6-8-23(9-7-22)10-11-24-12-14-25(15-13-24)26-16-18-27(19-17-26)28-20-30(32)29(4-2)31(33)21-28/h2,16-25H,3,5-15H2,1H3. The molecule has 0 unspecified atom stereocenters. The summed E-state index contributed by atoms with van der Waals surface area (Å²) in [6.45, 7) is 2.32. The molecule has 2 aromatic rings. The fourth-order valence-corrected chi connectivity index (χ4v) is 6.30. The van der Waals surface area contributed by atoms with E-state index in [4.69, 9.17) is 6.42 Å². The van der Waals surface area contributed by atoms with Crippen LogP contribution in [0.3, 0.4) is 0 Å². The van der Waals surface area contributed by atoms with Crippen LogP contribution in [0.15, 0.2) is 36.4 Å². The van der Waals surface area contributed by atoms with Crippen molar-refractivity contribution in [1.29, 1.82) is 0 Å². The molecule has 0 bridgehead atoms. The SMILES string of the molecule is C#Cc1c(F)cc(-c2ccc(C3CCC(CCC4CCC(CCC)CC4)CC3)cc2)cc1F. The number of halogens is 2. The zero-order chi connectivity index (χ0) is 23.2. The van der Waals surface area contributed by atoms with Crippen molar-refractivity contribution >= 4 is 0 Å². The summed E-state index contributed by atoms with van der Waals surface area (Å²) in [5.41, 5.74) is 2.41. The third kappa shape index (κ3) is 6.06. The van der Waals surface area contributed by atoms with E-state index in [9.17, 15) is 8.78 Å². The molecule has 0 N–H and O–H groups in total. The highest BCUT2D eigenvalue weighted by atomic mass is 19.1. The number of benzene rings is 2. The molecule has 2 fully saturated rings. The summed E-state index contributed by atoms with van der Waals surface area (Å²) in [4.78, 5) is 0. The van der Waals surface area contributed by atoms with Crippen LogP contribution in [0, 0.1) is 41.7 Å². The normalized spacial score (nSPS) is 25.5. The molecule has 2 aromatic carbocycles. The van der Waals surface area contributed by atoms with Crippen molar-refractivity contribution in [2.45, 2.75) is 89.9 Å². The van der Waals surface area contributed by atoms with Crippen LogP contribution in [0.1, 0.15) is 101 Å². The van der Waals surface area contributed by atoms with Crippen LogP contribution >= 0.6 is 0 Å². The first-order valence-electron chi connectivity index (χ1n) is 13.1. The van der Waals surface area contributed by atoms with E-state index < -0.39 is 11.6 Å². The molecule has 2 aliphatic rings. The van der Waals surface area contributed by atoms with Gasteiger partial charge in [-0.1, -0.05) is 88.5 Å². The molecule has 0 radical (unpaired) electrons. The Morgan fingerprint density at radius 3 is 1.70 bits per heavy atom. The Bertz CT molecular complexity index is 913. The molecule has 0 atom stereocenters. The van der Waals surface area contributed by atoms with Gasteiger partial charge in [0.15, 0.2) is 0 Å². The smallest absolute Gasteiger partial charge is 0.142 e. The van der Waals surface area contributed by atoms with Gasteiger partial charge >= 0.3 is 0 Å². The maximum absolute atomic E-state index is 14.1. The predicted molar refractivity (Wildman–Crippen MR) is 134 cm³/mol. The first-order valence-corrected chi connectivity index (χ1v) is 13.1. The molecule has 0 spiro atoms. The largest absolute Gasteiger partial charge is 0.205 e. The Morgan fingerprint density at radius 2 is 1.21 bits per heavy atom. The van der Waals surface area contributed by atoms with Crippen LogP contribution in [0.4, 0.5) is 8.78 Å². The van der Waals surface area contributed by atoms with Gasteiger partial charge in [0.2, 0.25) is 0 Å². The molecule has 0 aliphatic heterocycles. The van der Waals surface area contributed by atoms with E-state index in [1.807, 2.05) is 12.1 Å². The van der Waals surface area contributed by atoms with Crippen LogP contribution in [0.5, 0.6) is 0 Å². The van der Waals surface area contributed by atoms with Gasteiger partial charge in [0.1, 0.15) is 11.6 Å². The van der Waals surface area contributed by atoms with Crippen LogP contribution < -0.4 is 0 Å². The molecule has 0 aromatic heterocycles. The van der Waals surface area contributed by atoms with E-state index in [0.29, 0.717) is 11.5 Å². The van der Waals surface area contributed by atoms with E-state index >= 15 is 0 Å². The van der Waals surface area contributed by atoms with Gasteiger partial charge in [-0.25, -0.2) is 8.78 Å². The maximum Gasteiger partial charge on any atom is 0.142 e. The topological polar surface area (TPSA) is 0 Å². The lowest BCUT2D eigenvalue weighted by atomic mass is 9.74. The second kappa shape index (κ2) is 11.3. The van der Waals surface area contributed by atoms with Crippen LogP contribution in [0.2, 0.25) is 0 Å². The molecule has 33 heavy (non-hydrogen) atoms. The predicted octanol–water partition coefficient (Wildman–Crippen LogP) is 9.27. The van der Waals surface area contributed by atoms with Crippen molar-refractivity contribution in [2.24, 2.45) is 17.8 Å². The molecule has 0 amide bonds. The molecule has 176 valence electrons. The first-order chi connectivity index (χ1) is 16.1. The Balaban J connectivity index is 1.25.